The number of hydrogen-bond donors (Lipinski definition) is 1. The predicted molar refractivity (Wildman–Crippen MR) is 70.1 cm³/mol. The fraction of sp³-hybridized carbons (Fsp3) is 0.846. The maximum absolute atomic E-state index is 10.5. The minimum atomic E-state index is -0.352. The second kappa shape index (κ2) is 5.44. The molecule has 4 heteroatoms. The lowest BCUT2D eigenvalue weighted by atomic mass is 9.79. The summed E-state index contributed by atoms with van der Waals surface area (Å²) in [4.78, 5) is 0.999. The lowest BCUT2D eigenvalue weighted by Gasteiger charge is -2.30. The molecule has 3 nitrogen and oxygen atoms in total. The molecule has 2 rings (SSSR count). The molecule has 1 aliphatic carbocycles. The molecule has 1 heterocycles. The SMILES string of the molecule is CC1CCCC(C(O)c2snnc2C(C)C)C1. The van der Waals surface area contributed by atoms with E-state index in [1.807, 2.05) is 0 Å². The van der Waals surface area contributed by atoms with Gasteiger partial charge >= 0.3 is 0 Å². The van der Waals surface area contributed by atoms with Gasteiger partial charge in [-0.25, -0.2) is 0 Å². The molecule has 0 amide bonds. The summed E-state index contributed by atoms with van der Waals surface area (Å²) < 4.78 is 4.01. The van der Waals surface area contributed by atoms with Crippen LogP contribution in [0.3, 0.4) is 0 Å². The molecular formula is C13H22N2OS. The van der Waals surface area contributed by atoms with E-state index < -0.39 is 0 Å². The second-order valence-electron chi connectivity index (χ2n) is 5.65. The van der Waals surface area contributed by atoms with Crippen LogP contribution in [0.15, 0.2) is 0 Å². The second-order valence-corrected chi connectivity index (χ2v) is 6.44. The molecule has 1 N–H and O–H groups in total. The Labute approximate surface area is 107 Å². The standard InChI is InChI=1S/C13H22N2OS/c1-8(2)11-13(17-15-14-11)12(16)10-6-4-5-9(3)7-10/h8-10,12,16H,4-7H2,1-3H3. The van der Waals surface area contributed by atoms with Gasteiger partial charge in [-0.3, -0.25) is 0 Å². The van der Waals surface area contributed by atoms with E-state index in [9.17, 15) is 5.11 Å². The molecule has 0 aromatic carbocycles. The fourth-order valence-electron chi connectivity index (χ4n) is 2.79. The minimum Gasteiger partial charge on any atom is -0.387 e. The van der Waals surface area contributed by atoms with Gasteiger partial charge < -0.3 is 5.11 Å². The van der Waals surface area contributed by atoms with E-state index in [0.717, 1.165) is 29.3 Å². The van der Waals surface area contributed by atoms with Crippen molar-refractivity contribution in [3.05, 3.63) is 10.6 Å². The first-order valence-corrected chi connectivity index (χ1v) is 7.37. The number of aliphatic hydroxyl groups is 1. The number of rotatable bonds is 3. The van der Waals surface area contributed by atoms with Crippen molar-refractivity contribution in [1.29, 1.82) is 0 Å². The number of aliphatic hydroxyl groups excluding tert-OH is 1. The Balaban J connectivity index is 2.12. The molecule has 0 aliphatic heterocycles. The van der Waals surface area contributed by atoms with Crippen LogP contribution in [0.4, 0.5) is 0 Å². The van der Waals surface area contributed by atoms with E-state index in [4.69, 9.17) is 0 Å². The quantitative estimate of drug-likeness (QED) is 0.897. The minimum absolute atomic E-state index is 0.347. The van der Waals surface area contributed by atoms with Crippen molar-refractivity contribution in [2.24, 2.45) is 11.8 Å². The summed E-state index contributed by atoms with van der Waals surface area (Å²) in [5.41, 5.74) is 0.987. The maximum Gasteiger partial charge on any atom is 0.0945 e. The lowest BCUT2D eigenvalue weighted by Crippen LogP contribution is -2.20. The highest BCUT2D eigenvalue weighted by Crippen LogP contribution is 2.39. The van der Waals surface area contributed by atoms with Gasteiger partial charge in [0.05, 0.1) is 16.7 Å². The molecule has 1 aromatic heterocycles. The van der Waals surface area contributed by atoms with Gasteiger partial charge in [0.15, 0.2) is 0 Å². The van der Waals surface area contributed by atoms with Crippen molar-refractivity contribution in [2.45, 2.75) is 58.5 Å². The van der Waals surface area contributed by atoms with E-state index in [0.29, 0.717) is 11.8 Å². The maximum atomic E-state index is 10.5. The molecule has 0 bridgehead atoms. The number of nitrogens with zero attached hydrogens (tertiary/aromatic N) is 2. The van der Waals surface area contributed by atoms with Crippen LogP contribution in [0.2, 0.25) is 0 Å². The highest BCUT2D eigenvalue weighted by Gasteiger charge is 2.30. The zero-order valence-electron chi connectivity index (χ0n) is 10.9. The van der Waals surface area contributed by atoms with Crippen LogP contribution in [0, 0.1) is 11.8 Å². The predicted octanol–water partition coefficient (Wildman–Crippen LogP) is 3.52. The third kappa shape index (κ3) is 2.86. The Morgan fingerprint density at radius 1 is 1.35 bits per heavy atom. The first kappa shape index (κ1) is 13.0. The summed E-state index contributed by atoms with van der Waals surface area (Å²) in [6, 6.07) is 0. The van der Waals surface area contributed by atoms with E-state index >= 15 is 0 Å². The van der Waals surface area contributed by atoms with Crippen LogP contribution in [-0.2, 0) is 0 Å². The summed E-state index contributed by atoms with van der Waals surface area (Å²) >= 11 is 1.37. The van der Waals surface area contributed by atoms with E-state index in [1.165, 1.54) is 24.4 Å². The molecule has 0 spiro atoms. The lowest BCUT2D eigenvalue weighted by molar-refractivity contribution is 0.0732. The van der Waals surface area contributed by atoms with Crippen LogP contribution in [-0.4, -0.2) is 14.7 Å². The number of hydrogen-bond acceptors (Lipinski definition) is 4. The Morgan fingerprint density at radius 2 is 2.12 bits per heavy atom. The summed E-state index contributed by atoms with van der Waals surface area (Å²) in [6.07, 6.45) is 4.47. The summed E-state index contributed by atoms with van der Waals surface area (Å²) in [6.45, 7) is 6.50. The van der Waals surface area contributed by atoms with E-state index in [2.05, 4.69) is 30.4 Å². The van der Waals surface area contributed by atoms with Crippen molar-refractivity contribution < 1.29 is 5.11 Å². The van der Waals surface area contributed by atoms with Crippen LogP contribution in [0.1, 0.15) is 69.0 Å². The van der Waals surface area contributed by atoms with Crippen molar-refractivity contribution in [1.82, 2.24) is 9.59 Å². The average molecular weight is 254 g/mol. The highest BCUT2D eigenvalue weighted by atomic mass is 32.1. The molecule has 0 saturated heterocycles. The molecule has 1 aromatic rings. The molecule has 1 saturated carbocycles. The third-order valence-electron chi connectivity index (χ3n) is 3.78. The van der Waals surface area contributed by atoms with Gasteiger partial charge in [0.25, 0.3) is 0 Å². The average Bonchev–Trinajstić information content (AvgIpc) is 2.77. The van der Waals surface area contributed by atoms with E-state index in [1.54, 1.807) is 0 Å². The smallest absolute Gasteiger partial charge is 0.0945 e. The Bertz CT molecular complexity index is 364. The summed E-state index contributed by atoms with van der Waals surface area (Å²) in [5.74, 6) is 1.49. The Morgan fingerprint density at radius 3 is 2.76 bits per heavy atom. The van der Waals surface area contributed by atoms with Crippen molar-refractivity contribution in [2.75, 3.05) is 0 Å². The molecule has 17 heavy (non-hydrogen) atoms. The Hall–Kier alpha value is -0.480. The van der Waals surface area contributed by atoms with Gasteiger partial charge in [-0.2, -0.15) is 0 Å². The third-order valence-corrected chi connectivity index (χ3v) is 4.59. The van der Waals surface area contributed by atoms with Crippen molar-refractivity contribution in [3.8, 4) is 0 Å². The number of aromatic nitrogens is 2. The molecule has 1 aliphatic rings. The molecular weight excluding hydrogens is 232 g/mol. The zero-order chi connectivity index (χ0) is 12.4. The van der Waals surface area contributed by atoms with Crippen LogP contribution >= 0.6 is 11.5 Å². The largest absolute Gasteiger partial charge is 0.387 e. The fourth-order valence-corrected chi connectivity index (χ4v) is 3.68. The molecule has 1 fully saturated rings. The molecule has 3 atom stereocenters. The Kier molecular flexibility index (Phi) is 4.15. The topological polar surface area (TPSA) is 46.0 Å². The van der Waals surface area contributed by atoms with Gasteiger partial charge in [0, 0.05) is 0 Å². The van der Waals surface area contributed by atoms with Crippen molar-refractivity contribution in [3.63, 3.8) is 0 Å². The first-order valence-electron chi connectivity index (χ1n) is 6.59. The van der Waals surface area contributed by atoms with Crippen LogP contribution in [0.25, 0.3) is 0 Å². The summed E-state index contributed by atoms with van der Waals surface area (Å²) in [5, 5.41) is 14.7. The highest BCUT2D eigenvalue weighted by molar-refractivity contribution is 7.05. The van der Waals surface area contributed by atoms with Crippen molar-refractivity contribution >= 4 is 11.5 Å². The van der Waals surface area contributed by atoms with Crippen LogP contribution in [0.5, 0.6) is 0 Å². The zero-order valence-corrected chi connectivity index (χ0v) is 11.7. The molecule has 0 radical (unpaired) electrons. The van der Waals surface area contributed by atoms with Gasteiger partial charge in [-0.15, -0.1) is 5.10 Å². The van der Waals surface area contributed by atoms with Gasteiger partial charge in [-0.05, 0) is 42.1 Å². The summed E-state index contributed by atoms with van der Waals surface area (Å²) in [7, 11) is 0. The normalized spacial score (nSPS) is 27.4. The first-order chi connectivity index (χ1) is 8.09. The van der Waals surface area contributed by atoms with Gasteiger partial charge in [0.1, 0.15) is 0 Å². The monoisotopic (exact) mass is 254 g/mol. The van der Waals surface area contributed by atoms with Crippen LogP contribution < -0.4 is 0 Å². The molecule has 96 valence electrons. The molecule has 3 unspecified atom stereocenters. The van der Waals surface area contributed by atoms with E-state index in [-0.39, 0.29) is 6.10 Å². The van der Waals surface area contributed by atoms with Gasteiger partial charge in [-0.1, -0.05) is 38.1 Å². The van der Waals surface area contributed by atoms with Gasteiger partial charge in [0.2, 0.25) is 0 Å².